The molecule has 162 valence electrons. The Balaban J connectivity index is 0.000000215. The minimum Gasteiger partial charge on any atom is -0.398 e. The van der Waals surface area contributed by atoms with Crippen LogP contribution in [-0.2, 0) is 0 Å². The quantitative estimate of drug-likeness (QED) is 0.178. The highest BCUT2D eigenvalue weighted by atomic mass is 35.5. The first-order valence-corrected chi connectivity index (χ1v) is 8.56. The Morgan fingerprint density at radius 3 is 1.84 bits per heavy atom. The minimum absolute atomic E-state index is 0. The van der Waals surface area contributed by atoms with Crippen LogP contribution in [-0.4, -0.2) is 36.7 Å². The second kappa shape index (κ2) is 8.67. The number of nitro groups is 1. The molecule has 4 rings (SSSR count). The number of nitrogens with one attached hydrogen (secondary N) is 2. The van der Waals surface area contributed by atoms with Gasteiger partial charge < -0.3 is 27.2 Å². The number of benzene rings is 2. The minimum atomic E-state index is -0.725. The zero-order chi connectivity index (χ0) is 22.2. The maximum atomic E-state index is 11.2. The third-order valence-electron chi connectivity index (χ3n) is 4.65. The Bertz CT molecular complexity index is 1330. The molecule has 12 nitrogen and oxygen atoms in total. The van der Waals surface area contributed by atoms with Crippen LogP contribution in [0.3, 0.4) is 0 Å². The van der Waals surface area contributed by atoms with Crippen LogP contribution in [0.4, 0.5) is 11.4 Å². The lowest BCUT2D eigenvalue weighted by Gasteiger charge is -2.04. The summed E-state index contributed by atoms with van der Waals surface area (Å²) in [5.74, 6) is -1.23. The summed E-state index contributed by atoms with van der Waals surface area (Å²) in [5, 5.41) is 10.8. The predicted molar refractivity (Wildman–Crippen MR) is 117 cm³/mol. The summed E-state index contributed by atoms with van der Waals surface area (Å²) in [4.78, 5) is 46.1. The first kappa shape index (κ1) is 23.1. The maximum Gasteiger partial charge on any atom is 0.275 e. The lowest BCUT2D eigenvalue weighted by atomic mass is 10.1. The van der Waals surface area contributed by atoms with Crippen LogP contribution in [0.1, 0.15) is 31.8 Å². The van der Waals surface area contributed by atoms with E-state index >= 15 is 0 Å². The van der Waals surface area contributed by atoms with Gasteiger partial charge in [-0.1, -0.05) is 0 Å². The van der Waals surface area contributed by atoms with Crippen LogP contribution < -0.4 is 17.2 Å². The largest absolute Gasteiger partial charge is 0.398 e. The van der Waals surface area contributed by atoms with E-state index in [1.807, 2.05) is 6.92 Å². The average Bonchev–Trinajstić information content (AvgIpc) is 3.34. The SMILES string of the molecule is Cc1c(N)cc(C(N)=O)c2[nH]cnc12.Cc1c([N+](=O)[O-])cc(C(N)=O)c2[nH]cnc12.Cl. The van der Waals surface area contributed by atoms with Crippen molar-refractivity contribution in [1.29, 1.82) is 0 Å². The number of nitro benzene ring substituents is 1. The number of fused-ring (bicyclic) bond motifs is 2. The third-order valence-corrected chi connectivity index (χ3v) is 4.65. The van der Waals surface area contributed by atoms with Gasteiger partial charge in [0.1, 0.15) is 0 Å². The summed E-state index contributed by atoms with van der Waals surface area (Å²) >= 11 is 0. The zero-order valence-electron chi connectivity index (χ0n) is 16.4. The third kappa shape index (κ3) is 4.09. The number of nitrogen functional groups attached to an aromatic ring is 1. The zero-order valence-corrected chi connectivity index (χ0v) is 17.2. The Kier molecular flexibility index (Phi) is 6.46. The first-order valence-electron chi connectivity index (χ1n) is 8.56. The van der Waals surface area contributed by atoms with Gasteiger partial charge in [0.15, 0.2) is 0 Å². The number of carbonyl (C=O) groups excluding carboxylic acids is 2. The van der Waals surface area contributed by atoms with Crippen LogP contribution in [0.15, 0.2) is 24.8 Å². The van der Waals surface area contributed by atoms with Crippen molar-refractivity contribution in [3.63, 3.8) is 0 Å². The van der Waals surface area contributed by atoms with E-state index in [9.17, 15) is 19.7 Å². The Morgan fingerprint density at radius 1 is 0.935 bits per heavy atom. The molecule has 2 heterocycles. The number of hydrogen-bond donors (Lipinski definition) is 5. The molecule has 2 aromatic carbocycles. The number of amides is 2. The van der Waals surface area contributed by atoms with E-state index in [0.29, 0.717) is 38.9 Å². The maximum absolute atomic E-state index is 11.2. The summed E-state index contributed by atoms with van der Waals surface area (Å²) in [6, 6.07) is 2.73. The molecule has 0 saturated heterocycles. The van der Waals surface area contributed by atoms with E-state index in [0.717, 1.165) is 11.6 Å². The van der Waals surface area contributed by atoms with Gasteiger partial charge in [0.05, 0.1) is 56.3 Å². The smallest absolute Gasteiger partial charge is 0.275 e. The summed E-state index contributed by atoms with van der Waals surface area (Å²) in [6.07, 6.45) is 2.89. The molecule has 0 unspecified atom stereocenters. The van der Waals surface area contributed by atoms with Gasteiger partial charge in [-0.2, -0.15) is 0 Å². The van der Waals surface area contributed by atoms with Crippen molar-refractivity contribution in [2.45, 2.75) is 13.8 Å². The highest BCUT2D eigenvalue weighted by molar-refractivity contribution is 6.07. The Hall–Kier alpha value is -4.19. The molecule has 0 spiro atoms. The van der Waals surface area contributed by atoms with Gasteiger partial charge in [-0.25, -0.2) is 9.97 Å². The second-order valence-corrected chi connectivity index (χ2v) is 6.44. The van der Waals surface area contributed by atoms with E-state index in [1.165, 1.54) is 12.7 Å². The van der Waals surface area contributed by atoms with Crippen LogP contribution in [0.25, 0.3) is 22.1 Å². The number of aryl methyl sites for hydroxylation is 2. The van der Waals surface area contributed by atoms with Crippen molar-refractivity contribution in [2.24, 2.45) is 11.5 Å². The van der Waals surface area contributed by atoms with Gasteiger partial charge in [-0.3, -0.25) is 19.7 Å². The number of nitrogens with zero attached hydrogens (tertiary/aromatic N) is 3. The molecule has 2 amide bonds. The number of hydrogen-bond acceptors (Lipinski definition) is 7. The van der Waals surface area contributed by atoms with E-state index < -0.39 is 16.7 Å². The van der Waals surface area contributed by atoms with Crippen molar-refractivity contribution in [2.75, 3.05) is 5.73 Å². The number of H-pyrrole nitrogens is 2. The topological polar surface area (TPSA) is 213 Å². The summed E-state index contributed by atoms with van der Waals surface area (Å²) in [7, 11) is 0. The molecule has 13 heteroatoms. The molecule has 0 aliphatic heterocycles. The van der Waals surface area contributed by atoms with Gasteiger partial charge in [-0.15, -0.1) is 12.4 Å². The molecule has 8 N–H and O–H groups in total. The number of imidazole rings is 2. The highest BCUT2D eigenvalue weighted by Gasteiger charge is 2.21. The summed E-state index contributed by atoms with van der Waals surface area (Å²) in [6.45, 7) is 3.43. The molecular formula is C18H19ClN8O4. The highest BCUT2D eigenvalue weighted by Crippen LogP contribution is 2.28. The first-order chi connectivity index (χ1) is 14.1. The number of halogens is 1. The van der Waals surface area contributed by atoms with Gasteiger partial charge in [0.2, 0.25) is 0 Å². The van der Waals surface area contributed by atoms with Gasteiger partial charge in [0.25, 0.3) is 17.5 Å². The van der Waals surface area contributed by atoms with E-state index in [4.69, 9.17) is 17.2 Å². The summed E-state index contributed by atoms with van der Waals surface area (Å²) < 4.78 is 0. The lowest BCUT2D eigenvalue weighted by Crippen LogP contribution is -2.12. The standard InChI is InChI=1S/C9H8N4O3.C9H10N4O.ClH/c1-4-6(13(15)16)2-5(9(10)14)8-7(4)11-3-12-8;1-4-6(10)2-5(9(11)14)8-7(4)12-3-13-8;/h2-3H,1H3,(H2,10,14)(H,11,12);2-3H,10H2,1H3,(H2,11,14)(H,12,13);1H. The molecule has 0 atom stereocenters. The number of carbonyl (C=O) groups is 2. The van der Waals surface area contributed by atoms with E-state index in [1.54, 1.807) is 13.0 Å². The number of primary amides is 2. The molecule has 0 aliphatic carbocycles. The monoisotopic (exact) mass is 446 g/mol. The fraction of sp³-hybridized carbons (Fsp3) is 0.111. The predicted octanol–water partition coefficient (Wildman–Crippen LogP) is 1.85. The van der Waals surface area contributed by atoms with Crippen LogP contribution >= 0.6 is 12.4 Å². The lowest BCUT2D eigenvalue weighted by molar-refractivity contribution is -0.385. The molecule has 0 aliphatic rings. The van der Waals surface area contributed by atoms with Crippen molar-refractivity contribution < 1.29 is 14.5 Å². The number of anilines is 1. The fourth-order valence-corrected chi connectivity index (χ4v) is 3.06. The number of aromatic amines is 2. The van der Waals surface area contributed by atoms with Crippen molar-refractivity contribution in [3.05, 3.63) is 57.2 Å². The van der Waals surface area contributed by atoms with Crippen molar-refractivity contribution >= 4 is 57.7 Å². The van der Waals surface area contributed by atoms with E-state index in [2.05, 4.69) is 19.9 Å². The Labute approximate surface area is 180 Å². The van der Waals surface area contributed by atoms with Crippen LogP contribution in [0, 0.1) is 24.0 Å². The number of aromatic nitrogens is 4. The molecule has 0 fully saturated rings. The number of nitrogens with two attached hydrogens (primary N) is 3. The van der Waals surface area contributed by atoms with Crippen molar-refractivity contribution in [1.82, 2.24) is 19.9 Å². The summed E-state index contributed by atoms with van der Waals surface area (Å²) in [5.41, 5.74) is 20.3. The molecular weight excluding hydrogens is 428 g/mol. The van der Waals surface area contributed by atoms with Crippen LogP contribution in [0.5, 0.6) is 0 Å². The molecule has 2 aromatic heterocycles. The molecule has 31 heavy (non-hydrogen) atoms. The van der Waals surface area contributed by atoms with Crippen LogP contribution in [0.2, 0.25) is 0 Å². The second-order valence-electron chi connectivity index (χ2n) is 6.44. The average molecular weight is 447 g/mol. The Morgan fingerprint density at radius 2 is 1.39 bits per heavy atom. The molecule has 0 bridgehead atoms. The van der Waals surface area contributed by atoms with Gasteiger partial charge in [0, 0.05) is 11.8 Å². The molecule has 0 saturated carbocycles. The van der Waals surface area contributed by atoms with Gasteiger partial charge >= 0.3 is 0 Å². The van der Waals surface area contributed by atoms with E-state index in [-0.39, 0.29) is 23.7 Å². The van der Waals surface area contributed by atoms with Crippen molar-refractivity contribution in [3.8, 4) is 0 Å². The molecule has 4 aromatic rings. The normalized spacial score (nSPS) is 10.3. The fourth-order valence-electron chi connectivity index (χ4n) is 3.06. The number of rotatable bonds is 3. The van der Waals surface area contributed by atoms with Gasteiger partial charge in [-0.05, 0) is 25.5 Å². The molecule has 0 radical (unpaired) electrons.